The van der Waals surface area contributed by atoms with E-state index < -0.39 is 6.10 Å². The maximum absolute atomic E-state index is 9.92. The number of aromatic amines is 1. The van der Waals surface area contributed by atoms with Crippen LogP contribution in [0.5, 0.6) is 0 Å². The van der Waals surface area contributed by atoms with Crippen molar-refractivity contribution in [2.45, 2.75) is 24.4 Å². The van der Waals surface area contributed by atoms with Crippen molar-refractivity contribution in [1.82, 2.24) is 14.5 Å². The van der Waals surface area contributed by atoms with E-state index in [2.05, 4.69) is 38.8 Å². The summed E-state index contributed by atoms with van der Waals surface area (Å²) < 4.78 is 13.6. The summed E-state index contributed by atoms with van der Waals surface area (Å²) in [5.41, 5.74) is 2.17. The Morgan fingerprint density at radius 1 is 1.17 bits per heavy atom. The fraction of sp³-hybridized carbons (Fsp3) is 0.353. The second-order valence-electron chi connectivity index (χ2n) is 6.17. The fourth-order valence-electron chi connectivity index (χ4n) is 3.69. The predicted molar refractivity (Wildman–Crippen MR) is 84.0 cm³/mol. The molecule has 6 heteroatoms. The number of hydrogen-bond acceptors (Lipinski definition) is 4. The predicted octanol–water partition coefficient (Wildman–Crippen LogP) is 1.73. The molecule has 0 unspecified atom stereocenters. The van der Waals surface area contributed by atoms with Crippen molar-refractivity contribution in [3.05, 3.63) is 42.9 Å². The third-order valence-corrected chi connectivity index (χ3v) is 4.84. The summed E-state index contributed by atoms with van der Waals surface area (Å²) in [7, 11) is 0. The van der Waals surface area contributed by atoms with Crippen LogP contribution in [0.1, 0.15) is 6.04 Å². The van der Waals surface area contributed by atoms with Gasteiger partial charge in [-0.3, -0.25) is 0 Å². The molecule has 0 saturated carbocycles. The highest BCUT2D eigenvalue weighted by atomic mass is 16.6. The standard InChI is InChI=1S/C17H17N3O3/c21-14-9-23-15-13(8-22-16(14)15)20-6-5-19-17(20)11-1-2-12-10(7-11)3-4-18-12/h1-7,13-16,18,21H,8-9H2/t13-,14+,15+,16+/m0/s1. The van der Waals surface area contributed by atoms with Gasteiger partial charge in [-0.25, -0.2) is 4.98 Å². The number of imidazole rings is 1. The minimum Gasteiger partial charge on any atom is -0.388 e. The number of nitrogens with zero attached hydrogens (tertiary/aromatic N) is 2. The molecule has 4 heterocycles. The van der Waals surface area contributed by atoms with E-state index in [0.717, 1.165) is 22.3 Å². The number of aliphatic hydroxyl groups is 1. The molecule has 2 N–H and O–H groups in total. The van der Waals surface area contributed by atoms with Gasteiger partial charge in [0.25, 0.3) is 0 Å². The highest BCUT2D eigenvalue weighted by Crippen LogP contribution is 2.36. The number of H-pyrrole nitrogens is 1. The molecule has 23 heavy (non-hydrogen) atoms. The van der Waals surface area contributed by atoms with Gasteiger partial charge in [0.05, 0.1) is 19.3 Å². The van der Waals surface area contributed by atoms with Gasteiger partial charge in [-0.15, -0.1) is 0 Å². The Labute approximate surface area is 132 Å². The molecule has 0 radical (unpaired) electrons. The summed E-state index contributed by atoms with van der Waals surface area (Å²) in [6.45, 7) is 0.868. The smallest absolute Gasteiger partial charge is 0.140 e. The van der Waals surface area contributed by atoms with Gasteiger partial charge in [0, 0.05) is 35.1 Å². The lowest BCUT2D eigenvalue weighted by Gasteiger charge is -2.19. The maximum Gasteiger partial charge on any atom is 0.140 e. The molecular weight excluding hydrogens is 294 g/mol. The van der Waals surface area contributed by atoms with E-state index in [0.29, 0.717) is 13.2 Å². The molecule has 4 atom stereocenters. The molecule has 2 fully saturated rings. The molecule has 3 aromatic rings. The minimum atomic E-state index is -0.534. The number of benzene rings is 1. The average Bonchev–Trinajstić information content (AvgIpc) is 3.32. The number of aliphatic hydroxyl groups excluding tert-OH is 1. The van der Waals surface area contributed by atoms with Crippen molar-refractivity contribution in [2.24, 2.45) is 0 Å². The zero-order valence-electron chi connectivity index (χ0n) is 12.4. The van der Waals surface area contributed by atoms with Gasteiger partial charge in [-0.05, 0) is 24.3 Å². The maximum atomic E-state index is 9.92. The normalized spacial score (nSPS) is 30.1. The summed E-state index contributed by atoms with van der Waals surface area (Å²) in [6, 6.07) is 8.35. The van der Waals surface area contributed by atoms with Gasteiger partial charge in [0.1, 0.15) is 24.1 Å². The molecule has 5 rings (SSSR count). The Kier molecular flexibility index (Phi) is 2.85. The van der Waals surface area contributed by atoms with E-state index in [4.69, 9.17) is 9.47 Å². The summed E-state index contributed by atoms with van der Waals surface area (Å²) in [5, 5.41) is 11.1. The molecule has 2 aromatic heterocycles. The lowest BCUT2D eigenvalue weighted by Crippen LogP contribution is -2.30. The number of aromatic nitrogens is 3. The summed E-state index contributed by atoms with van der Waals surface area (Å²) in [5.74, 6) is 0.896. The van der Waals surface area contributed by atoms with Crippen LogP contribution in [0.25, 0.3) is 22.3 Å². The fourth-order valence-corrected chi connectivity index (χ4v) is 3.69. The molecule has 2 saturated heterocycles. The van der Waals surface area contributed by atoms with Crippen molar-refractivity contribution in [3.8, 4) is 11.4 Å². The van der Waals surface area contributed by atoms with Gasteiger partial charge < -0.3 is 24.1 Å². The molecule has 2 aliphatic rings. The first-order valence-electron chi connectivity index (χ1n) is 7.83. The van der Waals surface area contributed by atoms with Crippen LogP contribution < -0.4 is 0 Å². The summed E-state index contributed by atoms with van der Waals surface area (Å²) in [6.07, 6.45) is 4.81. The Morgan fingerprint density at radius 2 is 2.09 bits per heavy atom. The van der Waals surface area contributed by atoms with Crippen LogP contribution in [0, 0.1) is 0 Å². The summed E-state index contributed by atoms with van der Waals surface area (Å²) >= 11 is 0. The van der Waals surface area contributed by atoms with Crippen LogP contribution in [0.4, 0.5) is 0 Å². The molecular formula is C17H17N3O3. The lowest BCUT2D eigenvalue weighted by atomic mass is 10.1. The molecule has 0 aliphatic carbocycles. The quantitative estimate of drug-likeness (QED) is 0.756. The highest BCUT2D eigenvalue weighted by molar-refractivity contribution is 5.83. The minimum absolute atomic E-state index is 0.0385. The number of rotatable bonds is 2. The molecule has 1 aromatic carbocycles. The second-order valence-corrected chi connectivity index (χ2v) is 6.17. The van der Waals surface area contributed by atoms with E-state index in [1.807, 2.05) is 12.4 Å². The second kappa shape index (κ2) is 4.92. The number of ether oxygens (including phenoxy) is 2. The van der Waals surface area contributed by atoms with Crippen LogP contribution in [0.3, 0.4) is 0 Å². The van der Waals surface area contributed by atoms with Crippen molar-refractivity contribution < 1.29 is 14.6 Å². The third kappa shape index (κ3) is 1.96. The molecule has 0 bridgehead atoms. The Bertz CT molecular complexity index is 856. The van der Waals surface area contributed by atoms with Crippen LogP contribution in [0.15, 0.2) is 42.9 Å². The van der Waals surface area contributed by atoms with Gasteiger partial charge >= 0.3 is 0 Å². The third-order valence-electron chi connectivity index (χ3n) is 4.84. The monoisotopic (exact) mass is 311 g/mol. The molecule has 6 nitrogen and oxygen atoms in total. The van der Waals surface area contributed by atoms with E-state index >= 15 is 0 Å². The van der Waals surface area contributed by atoms with E-state index in [-0.39, 0.29) is 18.2 Å². The number of nitrogens with one attached hydrogen (secondary N) is 1. The van der Waals surface area contributed by atoms with Crippen LogP contribution in [-0.4, -0.2) is 51.2 Å². The Hall–Kier alpha value is -2.15. The van der Waals surface area contributed by atoms with Crippen LogP contribution in [0.2, 0.25) is 0 Å². The van der Waals surface area contributed by atoms with Crippen LogP contribution >= 0.6 is 0 Å². The number of fused-ring (bicyclic) bond motifs is 2. The Balaban J connectivity index is 1.55. The van der Waals surface area contributed by atoms with Gasteiger partial charge in [0.15, 0.2) is 0 Å². The van der Waals surface area contributed by atoms with Gasteiger partial charge in [-0.2, -0.15) is 0 Å². The Morgan fingerprint density at radius 3 is 3.04 bits per heavy atom. The van der Waals surface area contributed by atoms with Crippen molar-refractivity contribution in [1.29, 1.82) is 0 Å². The van der Waals surface area contributed by atoms with Gasteiger partial charge in [0.2, 0.25) is 0 Å². The summed E-state index contributed by atoms with van der Waals surface area (Å²) in [4.78, 5) is 7.74. The van der Waals surface area contributed by atoms with Crippen molar-refractivity contribution in [3.63, 3.8) is 0 Å². The first-order chi connectivity index (χ1) is 11.3. The average molecular weight is 311 g/mol. The van der Waals surface area contributed by atoms with Crippen LogP contribution in [-0.2, 0) is 9.47 Å². The van der Waals surface area contributed by atoms with Crippen molar-refractivity contribution in [2.75, 3.05) is 13.2 Å². The first-order valence-corrected chi connectivity index (χ1v) is 7.83. The molecule has 118 valence electrons. The SMILES string of the molecule is O[C@@H]1CO[C@H]2[C@@H]1OC[C@@H]2n1ccnc1-c1ccc2[nH]ccc2c1. The molecule has 2 aliphatic heterocycles. The molecule has 0 amide bonds. The lowest BCUT2D eigenvalue weighted by molar-refractivity contribution is 0.0172. The number of hydrogen-bond donors (Lipinski definition) is 2. The van der Waals surface area contributed by atoms with E-state index in [1.54, 1.807) is 6.20 Å². The molecule has 0 spiro atoms. The topological polar surface area (TPSA) is 72.3 Å². The first kappa shape index (κ1) is 13.3. The van der Waals surface area contributed by atoms with Crippen molar-refractivity contribution >= 4 is 10.9 Å². The van der Waals surface area contributed by atoms with Gasteiger partial charge in [-0.1, -0.05) is 0 Å². The largest absolute Gasteiger partial charge is 0.388 e. The highest BCUT2D eigenvalue weighted by Gasteiger charge is 2.48. The van der Waals surface area contributed by atoms with E-state index in [9.17, 15) is 5.11 Å². The zero-order chi connectivity index (χ0) is 15.4. The zero-order valence-corrected chi connectivity index (χ0v) is 12.4. The van der Waals surface area contributed by atoms with E-state index in [1.165, 1.54) is 0 Å².